The Balaban J connectivity index is 1.52. The van der Waals surface area contributed by atoms with E-state index in [0.29, 0.717) is 27.9 Å². The number of nitrogens with zero attached hydrogens (tertiary/aromatic N) is 2. The van der Waals surface area contributed by atoms with Gasteiger partial charge in [0.25, 0.3) is 5.91 Å². The van der Waals surface area contributed by atoms with E-state index in [9.17, 15) is 27.9 Å². The van der Waals surface area contributed by atoms with E-state index in [1.165, 1.54) is 30.5 Å². The smallest absolute Gasteiger partial charge is 0.481 e. The molecule has 1 unspecified atom stereocenters. The van der Waals surface area contributed by atoms with Crippen LogP contribution >= 0.6 is 0 Å². The highest BCUT2D eigenvalue weighted by molar-refractivity contribution is 5.95. The molecule has 0 bridgehead atoms. The van der Waals surface area contributed by atoms with Gasteiger partial charge in [-0.3, -0.25) is 9.59 Å². The van der Waals surface area contributed by atoms with Crippen molar-refractivity contribution in [3.05, 3.63) is 102 Å². The van der Waals surface area contributed by atoms with Gasteiger partial charge in [-0.1, -0.05) is 54.6 Å². The van der Waals surface area contributed by atoms with Gasteiger partial charge >= 0.3 is 12.3 Å². The van der Waals surface area contributed by atoms with Gasteiger partial charge in [-0.05, 0) is 47.9 Å². The molecule has 2 N–H and O–H groups in total. The molecular formula is C27H22F3N3O4. The van der Waals surface area contributed by atoms with Crippen molar-refractivity contribution in [2.24, 2.45) is 0 Å². The number of halogens is 3. The van der Waals surface area contributed by atoms with Gasteiger partial charge in [0.2, 0.25) is 0 Å². The highest BCUT2D eigenvalue weighted by Gasteiger charge is 2.31. The van der Waals surface area contributed by atoms with E-state index in [0.717, 1.165) is 5.69 Å². The van der Waals surface area contributed by atoms with E-state index in [-0.39, 0.29) is 12.2 Å². The molecule has 1 amide bonds. The summed E-state index contributed by atoms with van der Waals surface area (Å²) in [5, 5.41) is 16.5. The SMILES string of the molecule is Cc1c(C(=O)NC(CC(=O)O)c2ccc(-c3ccc(OC(F)(F)F)cc3)cc2)cnn1-c1ccccc1. The number of alkyl halides is 3. The van der Waals surface area contributed by atoms with Crippen LogP contribution in [0.5, 0.6) is 5.75 Å². The molecule has 4 rings (SSSR count). The average molecular weight is 509 g/mol. The molecule has 0 fully saturated rings. The van der Waals surface area contributed by atoms with Crippen molar-refractivity contribution >= 4 is 11.9 Å². The summed E-state index contributed by atoms with van der Waals surface area (Å²) in [6, 6.07) is 20.6. The number of hydrogen-bond donors (Lipinski definition) is 2. The number of nitrogens with one attached hydrogen (secondary N) is 1. The number of para-hydroxylation sites is 1. The van der Waals surface area contributed by atoms with Gasteiger partial charge in [-0.25, -0.2) is 4.68 Å². The Morgan fingerprint density at radius 3 is 2.14 bits per heavy atom. The van der Waals surface area contributed by atoms with Crippen molar-refractivity contribution in [3.8, 4) is 22.6 Å². The Hall–Kier alpha value is -4.60. The summed E-state index contributed by atoms with van der Waals surface area (Å²) in [7, 11) is 0. The first-order chi connectivity index (χ1) is 17.6. The second kappa shape index (κ2) is 10.6. The topological polar surface area (TPSA) is 93.5 Å². The molecule has 0 spiro atoms. The summed E-state index contributed by atoms with van der Waals surface area (Å²) >= 11 is 0. The highest BCUT2D eigenvalue weighted by Crippen LogP contribution is 2.28. The summed E-state index contributed by atoms with van der Waals surface area (Å²) in [5.74, 6) is -1.88. The molecule has 0 aliphatic rings. The molecule has 0 aliphatic carbocycles. The first-order valence-electron chi connectivity index (χ1n) is 11.2. The molecule has 37 heavy (non-hydrogen) atoms. The first kappa shape index (κ1) is 25.5. The second-order valence-corrected chi connectivity index (χ2v) is 8.21. The maximum atomic E-state index is 13.0. The number of carboxylic acid groups (broad SMARTS) is 1. The lowest BCUT2D eigenvalue weighted by Crippen LogP contribution is -2.30. The Morgan fingerprint density at radius 2 is 1.57 bits per heavy atom. The first-order valence-corrected chi connectivity index (χ1v) is 11.2. The molecule has 190 valence electrons. The van der Waals surface area contributed by atoms with Crippen LogP contribution in [0.2, 0.25) is 0 Å². The van der Waals surface area contributed by atoms with E-state index in [2.05, 4.69) is 15.2 Å². The van der Waals surface area contributed by atoms with Crippen molar-refractivity contribution in [2.45, 2.75) is 25.7 Å². The van der Waals surface area contributed by atoms with Gasteiger partial charge in [0.05, 0.1) is 35.6 Å². The largest absolute Gasteiger partial charge is 0.573 e. The van der Waals surface area contributed by atoms with Crippen LogP contribution in [0.25, 0.3) is 16.8 Å². The van der Waals surface area contributed by atoms with Gasteiger partial charge in [-0.15, -0.1) is 13.2 Å². The lowest BCUT2D eigenvalue weighted by molar-refractivity contribution is -0.274. The van der Waals surface area contributed by atoms with Crippen LogP contribution in [0.4, 0.5) is 13.2 Å². The third-order valence-corrected chi connectivity index (χ3v) is 5.67. The molecule has 0 aliphatic heterocycles. The van der Waals surface area contributed by atoms with Crippen LogP contribution in [0, 0.1) is 6.92 Å². The van der Waals surface area contributed by atoms with E-state index in [1.807, 2.05) is 30.3 Å². The zero-order valence-corrected chi connectivity index (χ0v) is 19.6. The van der Waals surface area contributed by atoms with Gasteiger partial charge in [0.1, 0.15) is 5.75 Å². The van der Waals surface area contributed by atoms with Crippen molar-refractivity contribution in [1.29, 1.82) is 0 Å². The Bertz CT molecular complexity index is 1380. The van der Waals surface area contributed by atoms with Crippen LogP contribution in [0.3, 0.4) is 0 Å². The lowest BCUT2D eigenvalue weighted by Gasteiger charge is -2.18. The number of aromatic nitrogens is 2. The van der Waals surface area contributed by atoms with Gasteiger partial charge in [-0.2, -0.15) is 5.10 Å². The van der Waals surface area contributed by atoms with E-state index in [4.69, 9.17) is 0 Å². The van der Waals surface area contributed by atoms with Crippen molar-refractivity contribution < 1.29 is 32.6 Å². The molecule has 1 atom stereocenters. The van der Waals surface area contributed by atoms with Gasteiger partial charge < -0.3 is 15.2 Å². The Kier molecular flexibility index (Phi) is 7.28. The average Bonchev–Trinajstić information content (AvgIpc) is 3.25. The second-order valence-electron chi connectivity index (χ2n) is 8.21. The zero-order chi connectivity index (χ0) is 26.6. The number of hydrogen-bond acceptors (Lipinski definition) is 4. The molecule has 1 heterocycles. The number of aliphatic carboxylic acids is 1. The van der Waals surface area contributed by atoms with Gasteiger partial charge in [0.15, 0.2) is 0 Å². The van der Waals surface area contributed by atoms with Crippen LogP contribution in [-0.4, -0.2) is 33.1 Å². The minimum absolute atomic E-state index is 0.317. The van der Waals surface area contributed by atoms with E-state index >= 15 is 0 Å². The molecule has 0 saturated heterocycles. The van der Waals surface area contributed by atoms with Crippen LogP contribution < -0.4 is 10.1 Å². The fourth-order valence-corrected chi connectivity index (χ4v) is 3.88. The third kappa shape index (κ3) is 6.35. The summed E-state index contributed by atoms with van der Waals surface area (Å²) in [4.78, 5) is 24.6. The normalized spacial score (nSPS) is 12.1. The highest BCUT2D eigenvalue weighted by atomic mass is 19.4. The van der Waals surface area contributed by atoms with Crippen LogP contribution in [0.1, 0.15) is 34.1 Å². The summed E-state index contributed by atoms with van der Waals surface area (Å²) in [6.07, 6.45) is -3.68. The third-order valence-electron chi connectivity index (χ3n) is 5.67. The quantitative estimate of drug-likeness (QED) is 0.318. The number of benzene rings is 3. The van der Waals surface area contributed by atoms with Gasteiger partial charge in [0, 0.05) is 0 Å². The summed E-state index contributed by atoms with van der Waals surface area (Å²) < 4.78 is 42.6. The monoisotopic (exact) mass is 509 g/mol. The van der Waals surface area contributed by atoms with Crippen molar-refractivity contribution in [2.75, 3.05) is 0 Å². The molecule has 3 aromatic carbocycles. The Morgan fingerprint density at radius 1 is 0.973 bits per heavy atom. The van der Waals surface area contributed by atoms with Crippen LogP contribution in [-0.2, 0) is 4.79 Å². The lowest BCUT2D eigenvalue weighted by atomic mass is 9.98. The molecule has 10 heteroatoms. The fraction of sp³-hybridized carbons (Fsp3) is 0.148. The predicted octanol–water partition coefficient (Wildman–Crippen LogP) is 5.69. The molecule has 1 aromatic heterocycles. The Labute approximate surface area is 210 Å². The molecule has 7 nitrogen and oxygen atoms in total. The molecular weight excluding hydrogens is 487 g/mol. The van der Waals surface area contributed by atoms with Crippen molar-refractivity contribution in [1.82, 2.24) is 15.1 Å². The number of rotatable bonds is 8. The molecule has 4 aromatic rings. The van der Waals surface area contributed by atoms with E-state index in [1.54, 1.807) is 35.9 Å². The minimum Gasteiger partial charge on any atom is -0.481 e. The number of carboxylic acids is 1. The summed E-state index contributed by atoms with van der Waals surface area (Å²) in [6.45, 7) is 1.75. The number of ether oxygens (including phenoxy) is 1. The maximum absolute atomic E-state index is 13.0. The fourth-order valence-electron chi connectivity index (χ4n) is 3.88. The minimum atomic E-state index is -4.77. The molecule has 0 radical (unpaired) electrons. The van der Waals surface area contributed by atoms with E-state index < -0.39 is 24.3 Å². The number of amides is 1. The van der Waals surface area contributed by atoms with Crippen molar-refractivity contribution in [3.63, 3.8) is 0 Å². The summed E-state index contributed by atoms with van der Waals surface area (Å²) in [5.41, 5.74) is 3.61. The molecule has 0 saturated carbocycles. The number of carbonyl (C=O) groups is 2. The van der Waals surface area contributed by atoms with Crippen LogP contribution in [0.15, 0.2) is 85.1 Å². The zero-order valence-electron chi connectivity index (χ0n) is 19.6. The number of carbonyl (C=O) groups excluding carboxylic acids is 1. The standard InChI is InChI=1S/C27H22F3N3O4/c1-17-23(16-31-33(17)21-5-3-2-4-6-21)26(36)32-24(15-25(34)35)20-9-7-18(8-10-20)19-11-13-22(14-12-19)37-27(28,29)30/h2-14,16,24H,15H2,1H3,(H,32,36)(H,34,35). The maximum Gasteiger partial charge on any atom is 0.573 e. The predicted molar refractivity (Wildman–Crippen MR) is 129 cm³/mol.